The van der Waals surface area contributed by atoms with Gasteiger partial charge in [-0.05, 0) is 35.4 Å². The standard InChI is InChI=1S/C20H17N3O/c1-2-6-17(7-3-1)15-24-18-12-10-16(11-13-18)14-23-20-9-5-4-8-19(20)21-22-23/h1-13H,14-15H2. The van der Waals surface area contributed by atoms with Crippen molar-refractivity contribution in [3.05, 3.63) is 90.0 Å². The molecule has 4 rings (SSSR count). The summed E-state index contributed by atoms with van der Waals surface area (Å²) in [5, 5.41) is 8.41. The minimum absolute atomic E-state index is 0.577. The number of fused-ring (bicyclic) bond motifs is 1. The van der Waals surface area contributed by atoms with E-state index in [-0.39, 0.29) is 0 Å². The van der Waals surface area contributed by atoms with Gasteiger partial charge >= 0.3 is 0 Å². The first-order valence-corrected chi connectivity index (χ1v) is 7.92. The molecule has 4 aromatic rings. The quantitative estimate of drug-likeness (QED) is 0.557. The SMILES string of the molecule is c1ccc(COc2ccc(Cn3nnc4ccccc43)cc2)cc1. The number of benzene rings is 3. The highest BCUT2D eigenvalue weighted by Gasteiger charge is 2.04. The summed E-state index contributed by atoms with van der Waals surface area (Å²) in [5.41, 5.74) is 4.29. The van der Waals surface area contributed by atoms with Gasteiger partial charge in [0.25, 0.3) is 0 Å². The molecule has 0 saturated carbocycles. The second kappa shape index (κ2) is 6.54. The van der Waals surface area contributed by atoms with Gasteiger partial charge in [0.15, 0.2) is 0 Å². The summed E-state index contributed by atoms with van der Waals surface area (Å²) in [6.07, 6.45) is 0. The van der Waals surface area contributed by atoms with Crippen LogP contribution in [-0.2, 0) is 13.2 Å². The summed E-state index contributed by atoms with van der Waals surface area (Å²) in [6, 6.07) is 26.3. The lowest BCUT2D eigenvalue weighted by atomic mass is 10.2. The van der Waals surface area contributed by atoms with E-state index in [1.54, 1.807) is 0 Å². The molecule has 0 fully saturated rings. The van der Waals surface area contributed by atoms with Crippen LogP contribution in [0.4, 0.5) is 0 Å². The molecule has 24 heavy (non-hydrogen) atoms. The lowest BCUT2D eigenvalue weighted by Crippen LogP contribution is -2.02. The molecule has 118 valence electrons. The maximum absolute atomic E-state index is 5.82. The highest BCUT2D eigenvalue weighted by Crippen LogP contribution is 2.16. The molecule has 0 radical (unpaired) electrons. The van der Waals surface area contributed by atoms with E-state index in [4.69, 9.17) is 4.74 Å². The van der Waals surface area contributed by atoms with Gasteiger partial charge in [0, 0.05) is 0 Å². The van der Waals surface area contributed by atoms with Crippen LogP contribution in [0.25, 0.3) is 11.0 Å². The van der Waals surface area contributed by atoms with Crippen molar-refractivity contribution in [1.29, 1.82) is 0 Å². The Kier molecular flexibility index (Phi) is 3.94. The van der Waals surface area contributed by atoms with Crippen molar-refractivity contribution in [2.75, 3.05) is 0 Å². The number of ether oxygens (including phenoxy) is 1. The van der Waals surface area contributed by atoms with Crippen molar-refractivity contribution in [3.63, 3.8) is 0 Å². The molecule has 3 aromatic carbocycles. The van der Waals surface area contributed by atoms with E-state index in [0.29, 0.717) is 13.2 Å². The van der Waals surface area contributed by atoms with E-state index in [9.17, 15) is 0 Å². The van der Waals surface area contributed by atoms with E-state index in [0.717, 1.165) is 27.9 Å². The van der Waals surface area contributed by atoms with Gasteiger partial charge in [-0.2, -0.15) is 0 Å². The van der Waals surface area contributed by atoms with Gasteiger partial charge in [-0.15, -0.1) is 5.10 Å². The Morgan fingerprint density at radius 3 is 2.33 bits per heavy atom. The van der Waals surface area contributed by atoms with Gasteiger partial charge in [-0.25, -0.2) is 4.68 Å². The van der Waals surface area contributed by atoms with E-state index in [2.05, 4.69) is 34.6 Å². The molecule has 4 nitrogen and oxygen atoms in total. The highest BCUT2D eigenvalue weighted by atomic mass is 16.5. The lowest BCUT2D eigenvalue weighted by molar-refractivity contribution is 0.306. The fourth-order valence-electron chi connectivity index (χ4n) is 2.64. The Morgan fingerprint density at radius 1 is 0.750 bits per heavy atom. The number of aromatic nitrogens is 3. The molecule has 0 aliphatic carbocycles. The first-order valence-electron chi connectivity index (χ1n) is 7.92. The molecule has 0 atom stereocenters. The van der Waals surface area contributed by atoms with Crippen LogP contribution < -0.4 is 4.74 Å². The van der Waals surface area contributed by atoms with E-state index >= 15 is 0 Å². The Balaban J connectivity index is 1.44. The Morgan fingerprint density at radius 2 is 1.50 bits per heavy atom. The molecule has 0 N–H and O–H groups in total. The molecule has 1 aromatic heterocycles. The average molecular weight is 315 g/mol. The van der Waals surface area contributed by atoms with Gasteiger partial charge in [-0.3, -0.25) is 0 Å². The zero-order valence-corrected chi connectivity index (χ0v) is 13.2. The van der Waals surface area contributed by atoms with Crippen molar-refractivity contribution in [3.8, 4) is 5.75 Å². The van der Waals surface area contributed by atoms with Gasteiger partial charge in [0.1, 0.15) is 17.9 Å². The van der Waals surface area contributed by atoms with Crippen LogP contribution in [0.3, 0.4) is 0 Å². The molecule has 0 unspecified atom stereocenters. The summed E-state index contributed by atoms with van der Waals surface area (Å²) >= 11 is 0. The number of para-hydroxylation sites is 1. The van der Waals surface area contributed by atoms with Crippen LogP contribution in [0.15, 0.2) is 78.9 Å². The molecule has 0 spiro atoms. The van der Waals surface area contributed by atoms with Crippen LogP contribution in [0.2, 0.25) is 0 Å². The number of hydrogen-bond acceptors (Lipinski definition) is 3. The van der Waals surface area contributed by atoms with Crippen LogP contribution in [0.1, 0.15) is 11.1 Å². The monoisotopic (exact) mass is 315 g/mol. The zero-order chi connectivity index (χ0) is 16.2. The molecule has 0 bridgehead atoms. The molecular formula is C20H17N3O. The molecule has 4 heteroatoms. The number of hydrogen-bond donors (Lipinski definition) is 0. The van der Waals surface area contributed by atoms with Gasteiger partial charge in [-0.1, -0.05) is 59.8 Å². The third kappa shape index (κ3) is 3.13. The minimum atomic E-state index is 0.577. The van der Waals surface area contributed by atoms with Crippen molar-refractivity contribution in [2.45, 2.75) is 13.2 Å². The topological polar surface area (TPSA) is 39.9 Å². The highest BCUT2D eigenvalue weighted by molar-refractivity contribution is 5.73. The zero-order valence-electron chi connectivity index (χ0n) is 13.2. The predicted octanol–water partition coefficient (Wildman–Crippen LogP) is 4.06. The van der Waals surface area contributed by atoms with Crippen molar-refractivity contribution >= 4 is 11.0 Å². The lowest BCUT2D eigenvalue weighted by Gasteiger charge is -2.08. The maximum Gasteiger partial charge on any atom is 0.119 e. The fraction of sp³-hybridized carbons (Fsp3) is 0.100. The number of nitrogens with zero attached hydrogens (tertiary/aromatic N) is 3. The first kappa shape index (κ1) is 14.5. The summed E-state index contributed by atoms with van der Waals surface area (Å²) in [5.74, 6) is 0.867. The fourth-order valence-corrected chi connectivity index (χ4v) is 2.64. The van der Waals surface area contributed by atoms with Crippen LogP contribution >= 0.6 is 0 Å². The Hall–Kier alpha value is -3.14. The smallest absolute Gasteiger partial charge is 0.119 e. The summed E-state index contributed by atoms with van der Waals surface area (Å²) in [6.45, 7) is 1.27. The predicted molar refractivity (Wildman–Crippen MR) is 93.8 cm³/mol. The molecule has 0 amide bonds. The summed E-state index contributed by atoms with van der Waals surface area (Å²) in [7, 11) is 0. The normalized spacial score (nSPS) is 10.8. The van der Waals surface area contributed by atoms with Gasteiger partial charge in [0.05, 0.1) is 12.1 Å². The second-order valence-electron chi connectivity index (χ2n) is 5.65. The molecular weight excluding hydrogens is 298 g/mol. The Bertz CT molecular complexity index is 930. The molecule has 0 aliphatic heterocycles. The largest absolute Gasteiger partial charge is 0.489 e. The third-order valence-corrected chi connectivity index (χ3v) is 3.92. The first-order chi connectivity index (χ1) is 11.9. The van der Waals surface area contributed by atoms with Crippen molar-refractivity contribution in [2.24, 2.45) is 0 Å². The minimum Gasteiger partial charge on any atom is -0.489 e. The number of rotatable bonds is 5. The average Bonchev–Trinajstić information content (AvgIpc) is 3.05. The van der Waals surface area contributed by atoms with Gasteiger partial charge in [0.2, 0.25) is 0 Å². The van der Waals surface area contributed by atoms with Crippen LogP contribution in [0.5, 0.6) is 5.75 Å². The second-order valence-corrected chi connectivity index (χ2v) is 5.65. The molecule has 0 aliphatic rings. The summed E-state index contributed by atoms with van der Waals surface area (Å²) in [4.78, 5) is 0. The van der Waals surface area contributed by atoms with Crippen molar-refractivity contribution < 1.29 is 4.74 Å². The Labute approximate surface area is 140 Å². The van der Waals surface area contributed by atoms with Crippen LogP contribution in [0, 0.1) is 0 Å². The van der Waals surface area contributed by atoms with E-state index in [1.165, 1.54) is 0 Å². The van der Waals surface area contributed by atoms with E-state index < -0.39 is 0 Å². The summed E-state index contributed by atoms with van der Waals surface area (Å²) < 4.78 is 7.73. The van der Waals surface area contributed by atoms with Crippen molar-refractivity contribution in [1.82, 2.24) is 15.0 Å². The molecule has 1 heterocycles. The maximum atomic E-state index is 5.82. The van der Waals surface area contributed by atoms with E-state index in [1.807, 2.05) is 59.3 Å². The third-order valence-electron chi connectivity index (χ3n) is 3.92. The van der Waals surface area contributed by atoms with Crippen LogP contribution in [-0.4, -0.2) is 15.0 Å². The van der Waals surface area contributed by atoms with Gasteiger partial charge < -0.3 is 4.74 Å². The molecule has 0 saturated heterocycles.